The molecule has 1 unspecified atom stereocenters. The van der Waals surface area contributed by atoms with Crippen LogP contribution in [0.25, 0.3) is 0 Å². The van der Waals surface area contributed by atoms with Crippen molar-refractivity contribution in [1.29, 1.82) is 0 Å². The maximum atomic E-state index is 10.9. The fourth-order valence-electron chi connectivity index (χ4n) is 1.83. The first-order valence-corrected chi connectivity index (χ1v) is 6.93. The van der Waals surface area contributed by atoms with Crippen LogP contribution < -0.4 is 5.32 Å². The van der Waals surface area contributed by atoms with E-state index in [2.05, 4.69) is 21.2 Å². The van der Waals surface area contributed by atoms with Crippen LogP contribution in [0.3, 0.4) is 0 Å². The minimum Gasteiger partial charge on any atom is -0.481 e. The van der Waals surface area contributed by atoms with Gasteiger partial charge in [-0.3, -0.25) is 9.59 Å². The SMILES string of the molecule is CC(C)(CO)c1cc(Br)cc(C(CC(=O)O)NC=O)c1. The van der Waals surface area contributed by atoms with Gasteiger partial charge in [-0.05, 0) is 23.3 Å². The molecule has 0 radical (unpaired) electrons. The summed E-state index contributed by atoms with van der Waals surface area (Å²) in [4.78, 5) is 21.5. The lowest BCUT2D eigenvalue weighted by atomic mass is 9.84. The Morgan fingerprint density at radius 3 is 2.60 bits per heavy atom. The maximum absolute atomic E-state index is 10.9. The van der Waals surface area contributed by atoms with Gasteiger partial charge in [0.25, 0.3) is 0 Å². The van der Waals surface area contributed by atoms with Crippen LogP contribution in [0, 0.1) is 0 Å². The molecule has 0 fully saturated rings. The van der Waals surface area contributed by atoms with Gasteiger partial charge in [-0.15, -0.1) is 0 Å². The Labute approximate surface area is 126 Å². The number of carboxylic acids is 1. The van der Waals surface area contributed by atoms with E-state index >= 15 is 0 Å². The number of nitrogens with one attached hydrogen (secondary N) is 1. The quantitative estimate of drug-likeness (QED) is 0.660. The lowest BCUT2D eigenvalue weighted by Gasteiger charge is -2.25. The van der Waals surface area contributed by atoms with E-state index < -0.39 is 17.4 Å². The van der Waals surface area contributed by atoms with E-state index in [1.165, 1.54) is 0 Å². The second kappa shape index (κ2) is 6.85. The summed E-state index contributed by atoms with van der Waals surface area (Å²) in [6, 6.07) is 4.85. The Hall–Kier alpha value is -1.40. The van der Waals surface area contributed by atoms with Gasteiger partial charge >= 0.3 is 5.97 Å². The number of hydrogen-bond acceptors (Lipinski definition) is 3. The second-order valence-corrected chi connectivity index (χ2v) is 6.17. The van der Waals surface area contributed by atoms with Crippen molar-refractivity contribution in [1.82, 2.24) is 5.32 Å². The molecular formula is C14H18BrNO4. The second-order valence-electron chi connectivity index (χ2n) is 5.25. The molecule has 0 spiro atoms. The Morgan fingerprint density at radius 2 is 2.10 bits per heavy atom. The molecule has 1 aromatic rings. The van der Waals surface area contributed by atoms with Crippen LogP contribution in [0.2, 0.25) is 0 Å². The van der Waals surface area contributed by atoms with Crippen molar-refractivity contribution in [3.05, 3.63) is 33.8 Å². The Balaban J connectivity index is 3.22. The van der Waals surface area contributed by atoms with Gasteiger partial charge in [-0.1, -0.05) is 35.8 Å². The first-order chi connectivity index (χ1) is 9.30. The number of rotatable bonds is 7. The molecule has 0 heterocycles. The monoisotopic (exact) mass is 343 g/mol. The van der Waals surface area contributed by atoms with Crippen LogP contribution in [0.1, 0.15) is 37.4 Å². The first kappa shape index (κ1) is 16.7. The van der Waals surface area contributed by atoms with Gasteiger partial charge < -0.3 is 15.5 Å². The van der Waals surface area contributed by atoms with Gasteiger partial charge in [0.05, 0.1) is 19.1 Å². The minimum atomic E-state index is -0.993. The van der Waals surface area contributed by atoms with Crippen LogP contribution in [0.5, 0.6) is 0 Å². The lowest BCUT2D eigenvalue weighted by Crippen LogP contribution is -2.25. The Morgan fingerprint density at radius 1 is 1.45 bits per heavy atom. The van der Waals surface area contributed by atoms with Gasteiger partial charge in [0.2, 0.25) is 6.41 Å². The van der Waals surface area contributed by atoms with E-state index in [0.717, 1.165) is 10.0 Å². The summed E-state index contributed by atoms with van der Waals surface area (Å²) in [5, 5.41) is 20.9. The van der Waals surface area contributed by atoms with Crippen LogP contribution >= 0.6 is 15.9 Å². The Bertz CT molecular complexity index is 502. The number of carbonyl (C=O) groups is 2. The first-order valence-electron chi connectivity index (χ1n) is 6.13. The van der Waals surface area contributed by atoms with Crippen molar-refractivity contribution >= 4 is 28.3 Å². The zero-order valence-corrected chi connectivity index (χ0v) is 13.0. The van der Waals surface area contributed by atoms with Crippen LogP contribution in [0.15, 0.2) is 22.7 Å². The highest BCUT2D eigenvalue weighted by Crippen LogP contribution is 2.30. The normalized spacial score (nSPS) is 12.8. The Kier molecular flexibility index (Phi) is 5.71. The molecule has 6 heteroatoms. The van der Waals surface area contributed by atoms with Crippen molar-refractivity contribution in [2.75, 3.05) is 6.61 Å². The molecule has 20 heavy (non-hydrogen) atoms. The number of aliphatic hydroxyl groups excluding tert-OH is 1. The summed E-state index contributed by atoms with van der Waals surface area (Å²) in [6.07, 6.45) is 0.291. The molecule has 0 saturated carbocycles. The largest absolute Gasteiger partial charge is 0.481 e. The number of hydrogen-bond donors (Lipinski definition) is 3. The molecule has 1 aromatic carbocycles. The molecule has 0 aromatic heterocycles. The van der Waals surface area contributed by atoms with E-state index in [9.17, 15) is 14.7 Å². The third-order valence-corrected chi connectivity index (χ3v) is 3.61. The van der Waals surface area contributed by atoms with E-state index in [1.54, 1.807) is 6.07 Å². The van der Waals surface area contributed by atoms with Crippen LogP contribution in [-0.4, -0.2) is 29.2 Å². The van der Waals surface area contributed by atoms with Gasteiger partial charge in [0.1, 0.15) is 0 Å². The van der Waals surface area contributed by atoms with Gasteiger partial charge in [-0.25, -0.2) is 0 Å². The molecule has 1 atom stereocenters. The van der Waals surface area contributed by atoms with Gasteiger partial charge in [-0.2, -0.15) is 0 Å². The zero-order valence-electron chi connectivity index (χ0n) is 11.4. The molecule has 0 aliphatic heterocycles. The zero-order chi connectivity index (χ0) is 15.3. The van der Waals surface area contributed by atoms with Crippen LogP contribution in [0.4, 0.5) is 0 Å². The highest BCUT2D eigenvalue weighted by molar-refractivity contribution is 9.10. The van der Waals surface area contributed by atoms with Crippen molar-refractivity contribution in [3.8, 4) is 0 Å². The number of amides is 1. The molecule has 3 N–H and O–H groups in total. The smallest absolute Gasteiger partial charge is 0.305 e. The van der Waals surface area contributed by atoms with E-state index in [-0.39, 0.29) is 13.0 Å². The van der Waals surface area contributed by atoms with Crippen molar-refractivity contribution < 1.29 is 19.8 Å². The lowest BCUT2D eigenvalue weighted by molar-refractivity contribution is -0.137. The number of carboxylic acid groups (broad SMARTS) is 1. The summed E-state index contributed by atoms with van der Waals surface area (Å²) < 4.78 is 0.773. The van der Waals surface area contributed by atoms with Crippen LogP contribution in [-0.2, 0) is 15.0 Å². The van der Waals surface area contributed by atoms with E-state index in [1.807, 2.05) is 26.0 Å². The molecule has 1 rings (SSSR count). The number of benzene rings is 1. The predicted octanol–water partition coefficient (Wildman–Crippen LogP) is 1.98. The number of aliphatic hydroxyl groups is 1. The molecule has 1 amide bonds. The fraction of sp³-hybridized carbons (Fsp3) is 0.429. The average Bonchev–Trinajstić information content (AvgIpc) is 2.37. The van der Waals surface area contributed by atoms with E-state index in [0.29, 0.717) is 12.0 Å². The summed E-state index contributed by atoms with van der Waals surface area (Å²) in [5.41, 5.74) is 1.10. The van der Waals surface area contributed by atoms with Crippen molar-refractivity contribution in [2.24, 2.45) is 0 Å². The number of halogens is 1. The fourth-order valence-corrected chi connectivity index (χ4v) is 2.34. The molecule has 110 valence electrons. The summed E-state index contributed by atoms with van der Waals surface area (Å²) in [5.74, 6) is -0.993. The third-order valence-electron chi connectivity index (χ3n) is 3.15. The highest BCUT2D eigenvalue weighted by atomic mass is 79.9. The van der Waals surface area contributed by atoms with Gasteiger partial charge in [0.15, 0.2) is 0 Å². The van der Waals surface area contributed by atoms with E-state index in [4.69, 9.17) is 5.11 Å². The standard InChI is InChI=1S/C14H18BrNO4/c1-14(2,7-17)10-3-9(4-11(15)5-10)12(16-8-18)6-13(19)20/h3-5,8,12,17H,6-7H2,1-2H3,(H,16,18)(H,19,20). The number of aliphatic carboxylic acids is 1. The maximum Gasteiger partial charge on any atom is 0.305 e. The van der Waals surface area contributed by atoms with Gasteiger partial charge in [0, 0.05) is 9.89 Å². The molecule has 0 saturated heterocycles. The highest BCUT2D eigenvalue weighted by Gasteiger charge is 2.23. The molecular weight excluding hydrogens is 326 g/mol. The molecule has 0 aliphatic carbocycles. The van der Waals surface area contributed by atoms with Crippen molar-refractivity contribution in [2.45, 2.75) is 31.7 Å². The van der Waals surface area contributed by atoms with Crippen molar-refractivity contribution in [3.63, 3.8) is 0 Å². The number of carbonyl (C=O) groups excluding carboxylic acids is 1. The summed E-state index contributed by atoms with van der Waals surface area (Å²) in [7, 11) is 0. The molecule has 0 bridgehead atoms. The summed E-state index contributed by atoms with van der Waals surface area (Å²) in [6.45, 7) is 3.74. The third kappa shape index (κ3) is 4.31. The summed E-state index contributed by atoms with van der Waals surface area (Å²) >= 11 is 3.38. The predicted molar refractivity (Wildman–Crippen MR) is 78.4 cm³/mol. The average molecular weight is 344 g/mol. The minimum absolute atomic E-state index is 0.0341. The molecule has 0 aliphatic rings. The molecule has 5 nitrogen and oxygen atoms in total. The topological polar surface area (TPSA) is 86.6 Å².